The van der Waals surface area contributed by atoms with Crippen LogP contribution in [0, 0.1) is 0 Å². The number of anilines is 1. The minimum Gasteiger partial charge on any atom is -0.399 e. The fourth-order valence-electron chi connectivity index (χ4n) is 1.89. The van der Waals surface area contributed by atoms with Crippen LogP contribution in [0.5, 0.6) is 0 Å². The van der Waals surface area contributed by atoms with Crippen LogP contribution in [0.2, 0.25) is 0 Å². The van der Waals surface area contributed by atoms with Gasteiger partial charge < -0.3 is 20.1 Å². The van der Waals surface area contributed by atoms with Gasteiger partial charge in [-0.3, -0.25) is 4.98 Å². The third-order valence-corrected chi connectivity index (χ3v) is 3.92. The average molecular weight is 264 g/mol. The standard InChI is InChI=1S/C13H21BN2O3/c1-8(17)11-6-10(15)9(7-16-11)14-18-12(2,3)13(4,5)19-14/h6-8,17H,1-5H3,(H2,15,16). The number of nitrogen functional groups attached to an aromatic ring is 1. The van der Waals surface area contributed by atoms with Crippen molar-refractivity contribution in [1.82, 2.24) is 4.98 Å². The van der Waals surface area contributed by atoms with Crippen molar-refractivity contribution in [1.29, 1.82) is 0 Å². The molecule has 5 nitrogen and oxygen atoms in total. The lowest BCUT2D eigenvalue weighted by atomic mass is 9.79. The Kier molecular flexibility index (Phi) is 3.37. The monoisotopic (exact) mass is 264 g/mol. The Balaban J connectivity index is 2.30. The summed E-state index contributed by atoms with van der Waals surface area (Å²) in [5.41, 5.74) is 6.94. The third-order valence-electron chi connectivity index (χ3n) is 3.92. The van der Waals surface area contributed by atoms with Gasteiger partial charge in [0.15, 0.2) is 0 Å². The van der Waals surface area contributed by atoms with Crippen LogP contribution >= 0.6 is 0 Å². The van der Waals surface area contributed by atoms with E-state index in [0.717, 1.165) is 0 Å². The van der Waals surface area contributed by atoms with E-state index in [9.17, 15) is 5.11 Å². The van der Waals surface area contributed by atoms with Gasteiger partial charge in [-0.2, -0.15) is 0 Å². The quantitative estimate of drug-likeness (QED) is 0.780. The van der Waals surface area contributed by atoms with Crippen molar-refractivity contribution in [3.05, 3.63) is 18.0 Å². The van der Waals surface area contributed by atoms with Crippen LogP contribution in [-0.2, 0) is 9.31 Å². The van der Waals surface area contributed by atoms with E-state index in [0.29, 0.717) is 16.8 Å². The molecule has 0 amide bonds. The first-order valence-corrected chi connectivity index (χ1v) is 6.43. The Hall–Kier alpha value is -1.11. The number of hydrogen-bond donors (Lipinski definition) is 2. The highest BCUT2D eigenvalue weighted by Gasteiger charge is 2.52. The molecule has 1 fully saturated rings. The molecule has 19 heavy (non-hydrogen) atoms. The molecule has 2 heterocycles. The summed E-state index contributed by atoms with van der Waals surface area (Å²) in [6.07, 6.45) is 0.967. The number of hydrogen-bond acceptors (Lipinski definition) is 5. The number of rotatable bonds is 2. The number of aliphatic hydroxyl groups is 1. The highest BCUT2D eigenvalue weighted by molar-refractivity contribution is 6.63. The van der Waals surface area contributed by atoms with Crippen molar-refractivity contribution in [2.45, 2.75) is 51.9 Å². The van der Waals surface area contributed by atoms with E-state index in [4.69, 9.17) is 15.0 Å². The van der Waals surface area contributed by atoms with E-state index in [1.54, 1.807) is 19.2 Å². The van der Waals surface area contributed by atoms with Gasteiger partial charge in [-0.1, -0.05) is 0 Å². The van der Waals surface area contributed by atoms with Gasteiger partial charge in [-0.05, 0) is 40.7 Å². The van der Waals surface area contributed by atoms with E-state index >= 15 is 0 Å². The first-order valence-electron chi connectivity index (χ1n) is 6.43. The molecule has 1 atom stereocenters. The Bertz CT molecular complexity index is 473. The molecule has 2 rings (SSSR count). The minimum atomic E-state index is -0.644. The summed E-state index contributed by atoms with van der Waals surface area (Å²) in [6.45, 7) is 9.60. The molecule has 0 bridgehead atoms. The number of aromatic nitrogens is 1. The van der Waals surface area contributed by atoms with Gasteiger partial charge in [0.2, 0.25) is 0 Å². The Morgan fingerprint density at radius 2 is 1.79 bits per heavy atom. The van der Waals surface area contributed by atoms with Crippen molar-refractivity contribution in [2.24, 2.45) is 0 Å². The van der Waals surface area contributed by atoms with Crippen molar-refractivity contribution in [2.75, 3.05) is 5.73 Å². The number of nitrogens with two attached hydrogens (primary N) is 1. The molecule has 104 valence electrons. The van der Waals surface area contributed by atoms with Gasteiger partial charge >= 0.3 is 7.12 Å². The van der Waals surface area contributed by atoms with E-state index in [-0.39, 0.29) is 0 Å². The molecule has 1 aliphatic rings. The molecule has 0 aliphatic carbocycles. The van der Waals surface area contributed by atoms with E-state index < -0.39 is 24.4 Å². The summed E-state index contributed by atoms with van der Waals surface area (Å²) in [5, 5.41) is 9.49. The van der Waals surface area contributed by atoms with E-state index in [2.05, 4.69) is 4.98 Å². The van der Waals surface area contributed by atoms with Crippen LogP contribution < -0.4 is 11.2 Å². The van der Waals surface area contributed by atoms with Crippen LogP contribution in [0.25, 0.3) is 0 Å². The topological polar surface area (TPSA) is 77.6 Å². The summed E-state index contributed by atoms with van der Waals surface area (Å²) in [5.74, 6) is 0. The lowest BCUT2D eigenvalue weighted by Crippen LogP contribution is -2.41. The highest BCUT2D eigenvalue weighted by atomic mass is 16.7. The normalized spacial score (nSPS) is 22.5. The van der Waals surface area contributed by atoms with Crippen molar-refractivity contribution >= 4 is 18.3 Å². The first kappa shape index (κ1) is 14.3. The lowest BCUT2D eigenvalue weighted by molar-refractivity contribution is 0.00578. The lowest BCUT2D eigenvalue weighted by Gasteiger charge is -2.32. The van der Waals surface area contributed by atoms with Crippen molar-refractivity contribution < 1.29 is 14.4 Å². The molecule has 0 saturated carbocycles. The van der Waals surface area contributed by atoms with Crippen LogP contribution in [0.1, 0.15) is 46.4 Å². The van der Waals surface area contributed by atoms with Gasteiger partial charge in [0, 0.05) is 17.3 Å². The van der Waals surface area contributed by atoms with Crippen LogP contribution in [0.4, 0.5) is 5.69 Å². The fraction of sp³-hybridized carbons (Fsp3) is 0.615. The largest absolute Gasteiger partial charge is 0.498 e. The molecular weight excluding hydrogens is 243 g/mol. The Labute approximate surface area is 114 Å². The first-order chi connectivity index (χ1) is 8.64. The number of aliphatic hydroxyl groups excluding tert-OH is 1. The van der Waals surface area contributed by atoms with E-state index in [1.165, 1.54) is 0 Å². The van der Waals surface area contributed by atoms with Crippen LogP contribution in [-0.4, -0.2) is 28.4 Å². The molecule has 1 saturated heterocycles. The Morgan fingerprint density at radius 3 is 2.21 bits per heavy atom. The second-order valence-electron chi connectivity index (χ2n) is 6.00. The minimum absolute atomic E-state index is 0.410. The number of nitrogens with zero attached hydrogens (tertiary/aromatic N) is 1. The zero-order valence-corrected chi connectivity index (χ0v) is 12.1. The highest BCUT2D eigenvalue weighted by Crippen LogP contribution is 2.36. The molecule has 6 heteroatoms. The zero-order chi connectivity index (χ0) is 14.4. The molecule has 0 radical (unpaired) electrons. The molecule has 1 unspecified atom stereocenters. The second kappa shape index (κ2) is 4.47. The smallest absolute Gasteiger partial charge is 0.399 e. The van der Waals surface area contributed by atoms with Crippen LogP contribution in [0.3, 0.4) is 0 Å². The maximum Gasteiger partial charge on any atom is 0.498 e. The average Bonchev–Trinajstić information content (AvgIpc) is 2.47. The summed E-state index contributed by atoms with van der Waals surface area (Å²) in [7, 11) is -0.527. The third kappa shape index (κ3) is 2.48. The summed E-state index contributed by atoms with van der Waals surface area (Å²) < 4.78 is 11.9. The second-order valence-corrected chi connectivity index (χ2v) is 6.00. The molecule has 0 aromatic carbocycles. The van der Waals surface area contributed by atoms with Gasteiger partial charge in [0.25, 0.3) is 0 Å². The predicted molar refractivity (Wildman–Crippen MR) is 75.0 cm³/mol. The molecule has 1 aromatic heterocycles. The molecule has 0 spiro atoms. The van der Waals surface area contributed by atoms with Gasteiger partial charge in [0.1, 0.15) is 0 Å². The summed E-state index contributed by atoms with van der Waals surface area (Å²) in [6, 6.07) is 1.66. The van der Waals surface area contributed by atoms with Gasteiger partial charge in [-0.25, -0.2) is 0 Å². The van der Waals surface area contributed by atoms with Crippen molar-refractivity contribution in [3.63, 3.8) is 0 Å². The summed E-state index contributed by atoms with van der Waals surface area (Å²) >= 11 is 0. The summed E-state index contributed by atoms with van der Waals surface area (Å²) in [4.78, 5) is 4.19. The van der Waals surface area contributed by atoms with Crippen LogP contribution in [0.15, 0.2) is 12.3 Å². The SMILES string of the molecule is CC(O)c1cc(N)c(B2OC(C)(C)C(C)(C)O2)cn1. The predicted octanol–water partition coefficient (Wildman–Crippen LogP) is 1.02. The molecule has 1 aromatic rings. The van der Waals surface area contributed by atoms with Gasteiger partial charge in [0.05, 0.1) is 23.0 Å². The van der Waals surface area contributed by atoms with E-state index in [1.807, 2.05) is 27.7 Å². The number of pyridine rings is 1. The maximum absolute atomic E-state index is 9.49. The Morgan fingerprint density at radius 1 is 1.26 bits per heavy atom. The molecular formula is C13H21BN2O3. The molecule has 1 aliphatic heterocycles. The maximum atomic E-state index is 9.49. The van der Waals surface area contributed by atoms with Crippen molar-refractivity contribution in [3.8, 4) is 0 Å². The molecule has 3 N–H and O–H groups in total. The van der Waals surface area contributed by atoms with Gasteiger partial charge in [-0.15, -0.1) is 0 Å². The zero-order valence-electron chi connectivity index (χ0n) is 12.1. The fourth-order valence-corrected chi connectivity index (χ4v) is 1.89.